The van der Waals surface area contributed by atoms with Crippen LogP contribution in [0.3, 0.4) is 0 Å². The number of allylic oxidation sites excluding steroid dienone is 1. The predicted molar refractivity (Wildman–Crippen MR) is 108 cm³/mol. The van der Waals surface area contributed by atoms with Gasteiger partial charge < -0.3 is 4.57 Å². The second kappa shape index (κ2) is 7.09. The highest BCUT2D eigenvalue weighted by atomic mass is 32.1. The number of thiazole rings is 1. The molecule has 2 aromatic heterocycles. The SMILES string of the molecule is C=CCn1c(=S)sc2c(=O)n(CC(=O)c3cc(C)c(C)cc3C)cnc21. The summed E-state index contributed by atoms with van der Waals surface area (Å²) in [6.07, 6.45) is 3.13. The largest absolute Gasteiger partial charge is 0.304 e. The van der Waals surface area contributed by atoms with Crippen LogP contribution in [-0.4, -0.2) is 19.9 Å². The van der Waals surface area contributed by atoms with Crippen LogP contribution < -0.4 is 5.56 Å². The summed E-state index contributed by atoms with van der Waals surface area (Å²) in [6.45, 7) is 10.0. The fourth-order valence-electron chi connectivity index (χ4n) is 2.88. The minimum atomic E-state index is -0.247. The van der Waals surface area contributed by atoms with Crippen molar-refractivity contribution in [1.82, 2.24) is 14.1 Å². The van der Waals surface area contributed by atoms with Gasteiger partial charge in [0.2, 0.25) is 0 Å². The third-order valence-corrected chi connectivity index (χ3v) is 5.84. The van der Waals surface area contributed by atoms with Crippen molar-refractivity contribution >= 4 is 39.7 Å². The second-order valence-corrected chi connectivity index (χ2v) is 7.92. The predicted octanol–water partition coefficient (Wildman–Crippen LogP) is 3.98. The van der Waals surface area contributed by atoms with Gasteiger partial charge in [-0.05, 0) is 55.7 Å². The third-order valence-electron chi connectivity index (χ3n) is 4.41. The number of benzene rings is 1. The van der Waals surface area contributed by atoms with Gasteiger partial charge in [0.1, 0.15) is 11.0 Å². The van der Waals surface area contributed by atoms with E-state index in [0.29, 0.717) is 26.4 Å². The summed E-state index contributed by atoms with van der Waals surface area (Å²) >= 11 is 6.52. The Hall–Kier alpha value is -2.38. The summed E-state index contributed by atoms with van der Waals surface area (Å²) in [5.41, 5.74) is 4.03. The average molecular weight is 386 g/mol. The lowest BCUT2D eigenvalue weighted by Gasteiger charge is -2.10. The number of Topliss-reactive ketones (excluding diaryl/α,β-unsaturated/α-hetero) is 1. The first-order chi connectivity index (χ1) is 12.3. The lowest BCUT2D eigenvalue weighted by atomic mass is 9.98. The maximum Gasteiger partial charge on any atom is 0.273 e. The molecule has 1 aromatic carbocycles. The molecule has 3 rings (SSSR count). The molecule has 0 aliphatic rings. The van der Waals surface area contributed by atoms with Gasteiger partial charge in [-0.25, -0.2) is 4.98 Å². The molecule has 0 radical (unpaired) electrons. The van der Waals surface area contributed by atoms with E-state index in [1.807, 2.05) is 32.9 Å². The van der Waals surface area contributed by atoms with E-state index in [1.165, 1.54) is 22.2 Å². The first-order valence-electron chi connectivity index (χ1n) is 8.14. The Kier molecular flexibility index (Phi) is 5.02. The molecule has 7 heteroatoms. The molecule has 0 fully saturated rings. The highest BCUT2D eigenvalue weighted by molar-refractivity contribution is 7.73. The molecule has 5 nitrogen and oxygen atoms in total. The third kappa shape index (κ3) is 3.20. The quantitative estimate of drug-likeness (QED) is 0.379. The second-order valence-electron chi connectivity index (χ2n) is 6.27. The number of fused-ring (bicyclic) bond motifs is 1. The first-order valence-corrected chi connectivity index (χ1v) is 9.36. The zero-order valence-corrected chi connectivity index (χ0v) is 16.5. The molecule has 0 unspecified atom stereocenters. The smallest absolute Gasteiger partial charge is 0.273 e. The average Bonchev–Trinajstić information content (AvgIpc) is 2.91. The molecule has 0 bridgehead atoms. The number of carbonyl (C=O) groups is 1. The normalized spacial score (nSPS) is 11.0. The Bertz CT molecular complexity index is 1150. The van der Waals surface area contributed by atoms with Crippen molar-refractivity contribution in [3.8, 4) is 0 Å². The van der Waals surface area contributed by atoms with Crippen molar-refractivity contribution in [2.45, 2.75) is 33.9 Å². The molecular weight excluding hydrogens is 366 g/mol. The summed E-state index contributed by atoms with van der Waals surface area (Å²) in [7, 11) is 0. The van der Waals surface area contributed by atoms with E-state index in [0.717, 1.165) is 16.7 Å². The van der Waals surface area contributed by atoms with Crippen LogP contribution in [0.25, 0.3) is 10.3 Å². The van der Waals surface area contributed by atoms with Crippen LogP contribution in [0.5, 0.6) is 0 Å². The van der Waals surface area contributed by atoms with E-state index >= 15 is 0 Å². The molecular formula is C19H19N3O2S2. The van der Waals surface area contributed by atoms with Crippen molar-refractivity contribution in [1.29, 1.82) is 0 Å². The highest BCUT2D eigenvalue weighted by Crippen LogP contribution is 2.19. The van der Waals surface area contributed by atoms with Gasteiger partial charge in [-0.3, -0.25) is 14.2 Å². The van der Waals surface area contributed by atoms with Gasteiger partial charge in [0.15, 0.2) is 15.4 Å². The molecule has 0 saturated heterocycles. The van der Waals surface area contributed by atoms with Crippen LogP contribution in [0.4, 0.5) is 0 Å². The number of hydrogen-bond donors (Lipinski definition) is 0. The summed E-state index contributed by atoms with van der Waals surface area (Å²) < 4.78 is 4.15. The summed E-state index contributed by atoms with van der Waals surface area (Å²) in [6, 6.07) is 3.88. The standard InChI is InChI=1S/C19H19N3O2S2/c1-5-6-22-17-16(26-19(22)25)18(24)21(10-20-17)9-15(23)14-8-12(3)11(2)7-13(14)4/h5,7-8,10H,1,6,9H2,2-4H3. The van der Waals surface area contributed by atoms with Gasteiger partial charge in [-0.1, -0.05) is 23.5 Å². The number of ketones is 1. The zero-order valence-electron chi connectivity index (χ0n) is 14.9. The van der Waals surface area contributed by atoms with Gasteiger partial charge >= 0.3 is 0 Å². The number of aromatic nitrogens is 3. The Labute approximate surface area is 160 Å². The van der Waals surface area contributed by atoms with E-state index < -0.39 is 0 Å². The Morgan fingerprint density at radius 1 is 1.27 bits per heavy atom. The van der Waals surface area contributed by atoms with Gasteiger partial charge in [0.05, 0.1) is 6.54 Å². The van der Waals surface area contributed by atoms with Crippen LogP contribution >= 0.6 is 23.6 Å². The Morgan fingerprint density at radius 3 is 2.65 bits per heavy atom. The molecule has 2 heterocycles. The van der Waals surface area contributed by atoms with Gasteiger partial charge in [0.25, 0.3) is 5.56 Å². The van der Waals surface area contributed by atoms with Crippen molar-refractivity contribution in [3.63, 3.8) is 0 Å². The molecule has 0 saturated carbocycles. The molecule has 134 valence electrons. The Morgan fingerprint density at radius 2 is 1.96 bits per heavy atom. The van der Waals surface area contributed by atoms with E-state index in [9.17, 15) is 9.59 Å². The van der Waals surface area contributed by atoms with Crippen LogP contribution in [0.15, 0.2) is 35.9 Å². The number of rotatable bonds is 5. The van der Waals surface area contributed by atoms with Crippen molar-refractivity contribution in [2.75, 3.05) is 0 Å². The fraction of sp³-hybridized carbons (Fsp3) is 0.263. The molecule has 0 atom stereocenters. The van der Waals surface area contributed by atoms with E-state index in [2.05, 4.69) is 11.6 Å². The van der Waals surface area contributed by atoms with E-state index in [1.54, 1.807) is 10.6 Å². The minimum Gasteiger partial charge on any atom is -0.304 e. The van der Waals surface area contributed by atoms with Crippen molar-refractivity contribution in [3.05, 3.63) is 67.7 Å². The van der Waals surface area contributed by atoms with Gasteiger partial charge in [0, 0.05) is 12.1 Å². The van der Waals surface area contributed by atoms with Crippen LogP contribution in [0, 0.1) is 24.7 Å². The van der Waals surface area contributed by atoms with Gasteiger partial charge in [-0.2, -0.15) is 0 Å². The number of hydrogen-bond acceptors (Lipinski definition) is 5. The molecule has 0 aliphatic carbocycles. The molecule has 0 aliphatic heterocycles. The number of nitrogens with zero attached hydrogens (tertiary/aromatic N) is 3. The topological polar surface area (TPSA) is 56.9 Å². The van der Waals surface area contributed by atoms with Crippen molar-refractivity contribution < 1.29 is 4.79 Å². The van der Waals surface area contributed by atoms with Gasteiger partial charge in [-0.15, -0.1) is 6.58 Å². The maximum absolute atomic E-state index is 12.8. The lowest BCUT2D eigenvalue weighted by Crippen LogP contribution is -2.25. The first kappa shape index (κ1) is 18.4. The van der Waals surface area contributed by atoms with Crippen LogP contribution in [0.2, 0.25) is 0 Å². The zero-order chi connectivity index (χ0) is 19.0. The Balaban J connectivity index is 2.02. The summed E-state index contributed by atoms with van der Waals surface area (Å²) in [5, 5.41) is 0. The summed E-state index contributed by atoms with van der Waals surface area (Å²) in [5.74, 6) is -0.108. The minimum absolute atomic E-state index is 0.0444. The highest BCUT2D eigenvalue weighted by Gasteiger charge is 2.16. The maximum atomic E-state index is 12.8. The van der Waals surface area contributed by atoms with Crippen molar-refractivity contribution in [2.24, 2.45) is 0 Å². The monoisotopic (exact) mass is 385 g/mol. The molecule has 0 amide bonds. The number of aryl methyl sites for hydroxylation is 3. The number of carbonyl (C=O) groups excluding carboxylic acids is 1. The molecule has 26 heavy (non-hydrogen) atoms. The van der Waals surface area contributed by atoms with E-state index in [4.69, 9.17) is 12.2 Å². The summed E-state index contributed by atoms with van der Waals surface area (Å²) in [4.78, 5) is 29.9. The molecule has 0 N–H and O–H groups in total. The molecule has 0 spiro atoms. The van der Waals surface area contributed by atoms with Crippen LogP contribution in [-0.2, 0) is 13.1 Å². The van der Waals surface area contributed by atoms with Crippen LogP contribution in [0.1, 0.15) is 27.0 Å². The van der Waals surface area contributed by atoms with E-state index in [-0.39, 0.29) is 17.9 Å². The molecule has 3 aromatic rings. The lowest BCUT2D eigenvalue weighted by molar-refractivity contribution is 0.0970. The fourth-order valence-corrected chi connectivity index (χ4v) is 4.19.